The predicted molar refractivity (Wildman–Crippen MR) is 48.7 cm³/mol. The first-order valence-corrected chi connectivity index (χ1v) is 3.94. The SMILES string of the molecule is CO/N=C\c1ccc(Br)cc1. The maximum atomic E-state index is 4.53. The molecule has 0 amide bonds. The number of nitrogens with zero attached hydrogens (tertiary/aromatic N) is 1. The molecule has 2 nitrogen and oxygen atoms in total. The molecule has 0 fully saturated rings. The van der Waals surface area contributed by atoms with Gasteiger partial charge in [-0.15, -0.1) is 0 Å². The first-order chi connectivity index (χ1) is 5.33. The van der Waals surface area contributed by atoms with E-state index in [9.17, 15) is 0 Å². The van der Waals surface area contributed by atoms with Gasteiger partial charge in [-0.1, -0.05) is 33.2 Å². The molecule has 1 rings (SSSR count). The second kappa shape index (κ2) is 4.13. The monoisotopic (exact) mass is 213 g/mol. The summed E-state index contributed by atoms with van der Waals surface area (Å²) in [6.45, 7) is 0. The van der Waals surface area contributed by atoms with Crippen LogP contribution in [0.1, 0.15) is 5.56 Å². The van der Waals surface area contributed by atoms with Gasteiger partial charge in [0.05, 0.1) is 6.21 Å². The smallest absolute Gasteiger partial charge is 0.106 e. The number of halogens is 1. The Labute approximate surface area is 74.0 Å². The lowest BCUT2D eigenvalue weighted by Gasteiger charge is -1.91. The Morgan fingerprint density at radius 1 is 1.36 bits per heavy atom. The van der Waals surface area contributed by atoms with E-state index in [4.69, 9.17) is 0 Å². The molecular formula is C8H8BrNO. The maximum absolute atomic E-state index is 4.53. The van der Waals surface area contributed by atoms with Gasteiger partial charge in [0.1, 0.15) is 7.11 Å². The van der Waals surface area contributed by atoms with Crippen molar-refractivity contribution in [2.24, 2.45) is 5.16 Å². The summed E-state index contributed by atoms with van der Waals surface area (Å²) in [6, 6.07) is 7.81. The normalized spacial score (nSPS) is 10.4. The van der Waals surface area contributed by atoms with Gasteiger partial charge in [-0.05, 0) is 17.7 Å². The maximum Gasteiger partial charge on any atom is 0.106 e. The highest BCUT2D eigenvalue weighted by atomic mass is 79.9. The number of benzene rings is 1. The van der Waals surface area contributed by atoms with Crippen LogP contribution >= 0.6 is 15.9 Å². The van der Waals surface area contributed by atoms with Crippen molar-refractivity contribution in [3.05, 3.63) is 34.3 Å². The van der Waals surface area contributed by atoms with Gasteiger partial charge in [-0.2, -0.15) is 0 Å². The predicted octanol–water partition coefficient (Wildman–Crippen LogP) is 2.43. The molecule has 0 radical (unpaired) electrons. The standard InChI is InChI=1S/C8H8BrNO/c1-11-10-6-7-2-4-8(9)5-3-7/h2-6H,1H3/b10-6-. The summed E-state index contributed by atoms with van der Waals surface area (Å²) in [6.07, 6.45) is 1.66. The summed E-state index contributed by atoms with van der Waals surface area (Å²) >= 11 is 3.34. The first kappa shape index (κ1) is 8.27. The molecule has 0 aliphatic rings. The molecule has 0 bridgehead atoms. The van der Waals surface area contributed by atoms with Crippen molar-refractivity contribution < 1.29 is 4.84 Å². The topological polar surface area (TPSA) is 21.6 Å². The van der Waals surface area contributed by atoms with Crippen LogP contribution in [-0.2, 0) is 4.84 Å². The van der Waals surface area contributed by atoms with Crippen molar-refractivity contribution in [1.29, 1.82) is 0 Å². The fourth-order valence-electron chi connectivity index (χ4n) is 0.662. The summed E-state index contributed by atoms with van der Waals surface area (Å²) in [5, 5.41) is 3.63. The zero-order valence-corrected chi connectivity index (χ0v) is 7.71. The number of hydrogen-bond acceptors (Lipinski definition) is 2. The molecule has 0 heterocycles. The Bertz CT molecular complexity index is 243. The quantitative estimate of drug-likeness (QED) is 0.547. The van der Waals surface area contributed by atoms with E-state index in [1.807, 2.05) is 24.3 Å². The van der Waals surface area contributed by atoms with Gasteiger partial charge in [0, 0.05) is 4.47 Å². The summed E-state index contributed by atoms with van der Waals surface area (Å²) in [7, 11) is 1.52. The van der Waals surface area contributed by atoms with Crippen LogP contribution in [-0.4, -0.2) is 13.3 Å². The van der Waals surface area contributed by atoms with E-state index in [1.54, 1.807) is 6.21 Å². The lowest BCUT2D eigenvalue weighted by molar-refractivity contribution is 0.215. The van der Waals surface area contributed by atoms with Gasteiger partial charge in [0.2, 0.25) is 0 Å². The Hall–Kier alpha value is -0.830. The Morgan fingerprint density at radius 3 is 2.55 bits per heavy atom. The molecule has 1 aromatic rings. The minimum atomic E-state index is 1.02. The molecule has 11 heavy (non-hydrogen) atoms. The van der Waals surface area contributed by atoms with Gasteiger partial charge in [0.25, 0.3) is 0 Å². The number of hydrogen-bond donors (Lipinski definition) is 0. The van der Waals surface area contributed by atoms with Gasteiger partial charge in [0.15, 0.2) is 0 Å². The summed E-state index contributed by atoms with van der Waals surface area (Å²) in [5.74, 6) is 0. The van der Waals surface area contributed by atoms with Crippen LogP contribution < -0.4 is 0 Å². The Balaban J connectivity index is 2.73. The van der Waals surface area contributed by atoms with Crippen LogP contribution in [0.3, 0.4) is 0 Å². The van der Waals surface area contributed by atoms with E-state index in [2.05, 4.69) is 25.9 Å². The van der Waals surface area contributed by atoms with Crippen LogP contribution in [0.5, 0.6) is 0 Å². The lowest BCUT2D eigenvalue weighted by atomic mass is 10.2. The van der Waals surface area contributed by atoms with E-state index in [0.29, 0.717) is 0 Å². The van der Waals surface area contributed by atoms with Crippen molar-refractivity contribution in [2.45, 2.75) is 0 Å². The third-order valence-electron chi connectivity index (χ3n) is 1.18. The molecule has 0 aromatic heterocycles. The average Bonchev–Trinajstić information content (AvgIpc) is 2.04. The molecule has 58 valence electrons. The van der Waals surface area contributed by atoms with E-state index in [1.165, 1.54) is 7.11 Å². The third kappa shape index (κ3) is 2.72. The number of rotatable bonds is 2. The van der Waals surface area contributed by atoms with Crippen molar-refractivity contribution in [1.82, 2.24) is 0 Å². The van der Waals surface area contributed by atoms with E-state index in [0.717, 1.165) is 10.0 Å². The van der Waals surface area contributed by atoms with Crippen LogP contribution in [0, 0.1) is 0 Å². The minimum absolute atomic E-state index is 1.02. The molecule has 0 saturated heterocycles. The highest BCUT2D eigenvalue weighted by Gasteiger charge is 1.86. The molecule has 0 saturated carbocycles. The van der Waals surface area contributed by atoms with Crippen LogP contribution in [0.15, 0.2) is 33.9 Å². The zero-order valence-electron chi connectivity index (χ0n) is 6.12. The molecule has 1 aromatic carbocycles. The van der Waals surface area contributed by atoms with Crippen molar-refractivity contribution in [2.75, 3.05) is 7.11 Å². The molecule has 3 heteroatoms. The molecule has 0 N–H and O–H groups in total. The average molecular weight is 214 g/mol. The molecule has 0 unspecified atom stereocenters. The zero-order chi connectivity index (χ0) is 8.10. The summed E-state index contributed by atoms with van der Waals surface area (Å²) < 4.78 is 1.06. The molecule has 0 spiro atoms. The largest absolute Gasteiger partial charge is 0.399 e. The molecule has 0 aliphatic carbocycles. The van der Waals surface area contributed by atoms with Gasteiger partial charge in [-0.3, -0.25) is 0 Å². The fourth-order valence-corrected chi connectivity index (χ4v) is 0.927. The molecule has 0 aliphatic heterocycles. The molecule has 0 atom stereocenters. The van der Waals surface area contributed by atoms with Crippen molar-refractivity contribution in [3.8, 4) is 0 Å². The first-order valence-electron chi connectivity index (χ1n) is 3.15. The van der Waals surface area contributed by atoms with Crippen LogP contribution in [0.25, 0.3) is 0 Å². The summed E-state index contributed by atoms with van der Waals surface area (Å²) in [4.78, 5) is 4.53. The van der Waals surface area contributed by atoms with Crippen molar-refractivity contribution in [3.63, 3.8) is 0 Å². The van der Waals surface area contributed by atoms with Crippen LogP contribution in [0.2, 0.25) is 0 Å². The Kier molecular flexibility index (Phi) is 3.11. The minimum Gasteiger partial charge on any atom is -0.399 e. The van der Waals surface area contributed by atoms with E-state index < -0.39 is 0 Å². The molecular weight excluding hydrogens is 206 g/mol. The van der Waals surface area contributed by atoms with Crippen molar-refractivity contribution >= 4 is 22.1 Å². The van der Waals surface area contributed by atoms with Gasteiger partial charge in [-0.25, -0.2) is 0 Å². The second-order valence-corrected chi connectivity index (χ2v) is 2.88. The highest BCUT2D eigenvalue weighted by Crippen LogP contribution is 2.08. The van der Waals surface area contributed by atoms with Gasteiger partial charge >= 0.3 is 0 Å². The summed E-state index contributed by atoms with van der Waals surface area (Å²) in [5.41, 5.74) is 1.02. The number of oxime groups is 1. The third-order valence-corrected chi connectivity index (χ3v) is 1.71. The lowest BCUT2D eigenvalue weighted by Crippen LogP contribution is -1.79. The van der Waals surface area contributed by atoms with E-state index in [-0.39, 0.29) is 0 Å². The Morgan fingerprint density at radius 2 is 2.00 bits per heavy atom. The fraction of sp³-hybridized carbons (Fsp3) is 0.125. The highest BCUT2D eigenvalue weighted by molar-refractivity contribution is 9.10. The van der Waals surface area contributed by atoms with Crippen LogP contribution in [0.4, 0.5) is 0 Å². The van der Waals surface area contributed by atoms with Gasteiger partial charge < -0.3 is 4.84 Å². The van der Waals surface area contributed by atoms with E-state index >= 15 is 0 Å². The second-order valence-electron chi connectivity index (χ2n) is 1.97.